The summed E-state index contributed by atoms with van der Waals surface area (Å²) < 4.78 is 19.8. The summed E-state index contributed by atoms with van der Waals surface area (Å²) in [5.74, 6) is 1.18. The molecule has 5 heteroatoms. The van der Waals surface area contributed by atoms with Gasteiger partial charge in [0.25, 0.3) is 0 Å². The van der Waals surface area contributed by atoms with Crippen LogP contribution in [0, 0.1) is 5.82 Å². The molecule has 166 valence electrons. The monoisotopic (exact) mass is 424 g/mol. The Morgan fingerprint density at radius 1 is 1.10 bits per heavy atom. The second kappa shape index (κ2) is 9.39. The number of hydrogen-bond acceptors (Lipinski definition) is 3. The maximum absolute atomic E-state index is 13.2. The topological polar surface area (TPSA) is 32.8 Å². The molecule has 1 atom stereocenters. The standard InChI is InChI=1S/C26H33FN2O2/c1-3-29(4-2)25(30)17-21-18-26(31-24-8-6-5-7-23(21)24)13-15-28(16-14-26)19-20-9-11-22(27)12-10-20/h5-12,21H,3-4,13-19H2,1-2H3/t21-/m1/s1. The number of likely N-dealkylation sites (tertiary alicyclic amines) is 1. The molecule has 0 aromatic heterocycles. The third-order valence-corrected chi connectivity index (χ3v) is 6.93. The number of benzene rings is 2. The predicted molar refractivity (Wildman–Crippen MR) is 121 cm³/mol. The Morgan fingerprint density at radius 3 is 2.45 bits per heavy atom. The van der Waals surface area contributed by atoms with Gasteiger partial charge in [-0.3, -0.25) is 9.69 Å². The van der Waals surface area contributed by atoms with Gasteiger partial charge in [-0.05, 0) is 62.4 Å². The van der Waals surface area contributed by atoms with Crippen LogP contribution in [0.25, 0.3) is 0 Å². The highest BCUT2D eigenvalue weighted by Crippen LogP contribution is 2.46. The van der Waals surface area contributed by atoms with Gasteiger partial charge in [0, 0.05) is 45.1 Å². The number of carbonyl (C=O) groups is 1. The molecule has 1 spiro atoms. The van der Waals surface area contributed by atoms with Gasteiger partial charge in [0.15, 0.2) is 0 Å². The first-order chi connectivity index (χ1) is 15.0. The minimum Gasteiger partial charge on any atom is -0.487 e. The van der Waals surface area contributed by atoms with Crippen molar-refractivity contribution in [3.63, 3.8) is 0 Å². The van der Waals surface area contributed by atoms with E-state index < -0.39 is 0 Å². The minimum absolute atomic E-state index is 0.194. The van der Waals surface area contributed by atoms with E-state index in [1.165, 1.54) is 17.7 Å². The summed E-state index contributed by atoms with van der Waals surface area (Å²) in [5, 5.41) is 0. The second-order valence-electron chi connectivity index (χ2n) is 8.90. The summed E-state index contributed by atoms with van der Waals surface area (Å²) in [7, 11) is 0. The summed E-state index contributed by atoms with van der Waals surface area (Å²) in [5.41, 5.74) is 2.10. The van der Waals surface area contributed by atoms with Crippen LogP contribution in [0.5, 0.6) is 5.75 Å². The molecule has 2 aliphatic rings. The predicted octanol–water partition coefficient (Wildman–Crippen LogP) is 4.99. The summed E-state index contributed by atoms with van der Waals surface area (Å²) in [6.07, 6.45) is 3.32. The zero-order valence-electron chi connectivity index (χ0n) is 18.6. The van der Waals surface area contributed by atoms with Gasteiger partial charge in [-0.1, -0.05) is 30.3 Å². The van der Waals surface area contributed by atoms with Crippen LogP contribution in [-0.2, 0) is 11.3 Å². The quantitative estimate of drug-likeness (QED) is 0.655. The van der Waals surface area contributed by atoms with Gasteiger partial charge in [-0.15, -0.1) is 0 Å². The van der Waals surface area contributed by atoms with Crippen molar-refractivity contribution in [2.75, 3.05) is 26.2 Å². The Morgan fingerprint density at radius 2 is 1.77 bits per heavy atom. The number of amides is 1. The number of fused-ring (bicyclic) bond motifs is 1. The van der Waals surface area contributed by atoms with Gasteiger partial charge in [0.1, 0.15) is 17.2 Å². The van der Waals surface area contributed by atoms with Crippen LogP contribution in [0.15, 0.2) is 48.5 Å². The van der Waals surface area contributed by atoms with Crippen LogP contribution in [0.3, 0.4) is 0 Å². The van der Waals surface area contributed by atoms with E-state index in [2.05, 4.69) is 17.0 Å². The van der Waals surface area contributed by atoms with Gasteiger partial charge >= 0.3 is 0 Å². The van der Waals surface area contributed by atoms with Crippen LogP contribution in [-0.4, -0.2) is 47.5 Å². The van der Waals surface area contributed by atoms with Crippen LogP contribution in [0.4, 0.5) is 4.39 Å². The normalized spacial score (nSPS) is 20.2. The maximum atomic E-state index is 13.2. The zero-order valence-corrected chi connectivity index (χ0v) is 18.6. The lowest BCUT2D eigenvalue weighted by Gasteiger charge is -2.47. The SMILES string of the molecule is CCN(CC)C(=O)C[C@@H]1CC2(CCN(Cc3ccc(F)cc3)CC2)Oc2ccccc21. The van der Waals surface area contributed by atoms with Gasteiger partial charge in [0.05, 0.1) is 0 Å². The van der Waals surface area contributed by atoms with E-state index in [1.54, 1.807) is 0 Å². The number of hydrogen-bond donors (Lipinski definition) is 0. The lowest BCUT2D eigenvalue weighted by Crippen LogP contribution is -2.50. The van der Waals surface area contributed by atoms with E-state index in [1.807, 2.05) is 43.0 Å². The Balaban J connectivity index is 1.45. The molecule has 2 aromatic carbocycles. The summed E-state index contributed by atoms with van der Waals surface area (Å²) in [4.78, 5) is 17.2. The van der Waals surface area contributed by atoms with Gasteiger partial charge in [-0.2, -0.15) is 0 Å². The number of piperidine rings is 1. The van der Waals surface area contributed by atoms with E-state index in [0.29, 0.717) is 6.42 Å². The van der Waals surface area contributed by atoms with Crippen molar-refractivity contribution in [1.82, 2.24) is 9.80 Å². The van der Waals surface area contributed by atoms with Gasteiger partial charge < -0.3 is 9.64 Å². The average molecular weight is 425 g/mol. The number of para-hydroxylation sites is 1. The Hall–Kier alpha value is -2.40. The maximum Gasteiger partial charge on any atom is 0.223 e. The molecule has 1 saturated heterocycles. The largest absolute Gasteiger partial charge is 0.487 e. The number of nitrogens with zero attached hydrogens (tertiary/aromatic N) is 2. The molecule has 0 aliphatic carbocycles. The van der Waals surface area contributed by atoms with Crippen LogP contribution >= 0.6 is 0 Å². The number of ether oxygens (including phenoxy) is 1. The van der Waals surface area contributed by atoms with Crippen molar-refractivity contribution in [1.29, 1.82) is 0 Å². The molecular weight excluding hydrogens is 391 g/mol. The molecule has 31 heavy (non-hydrogen) atoms. The average Bonchev–Trinajstić information content (AvgIpc) is 2.78. The fraction of sp³-hybridized carbons (Fsp3) is 0.500. The fourth-order valence-corrected chi connectivity index (χ4v) is 5.12. The molecule has 1 amide bonds. The van der Waals surface area contributed by atoms with Crippen molar-refractivity contribution < 1.29 is 13.9 Å². The molecule has 2 heterocycles. The van der Waals surface area contributed by atoms with E-state index in [0.717, 1.165) is 63.3 Å². The molecule has 0 unspecified atom stereocenters. The lowest BCUT2D eigenvalue weighted by atomic mass is 9.76. The Kier molecular flexibility index (Phi) is 6.61. The highest BCUT2D eigenvalue weighted by molar-refractivity contribution is 5.77. The molecule has 0 saturated carbocycles. The highest BCUT2D eigenvalue weighted by atomic mass is 19.1. The second-order valence-corrected chi connectivity index (χ2v) is 8.90. The Labute approximate surface area is 185 Å². The van der Waals surface area contributed by atoms with E-state index in [9.17, 15) is 9.18 Å². The van der Waals surface area contributed by atoms with E-state index in [-0.39, 0.29) is 23.2 Å². The van der Waals surface area contributed by atoms with Crippen molar-refractivity contribution in [2.45, 2.75) is 57.6 Å². The number of rotatable bonds is 6. The van der Waals surface area contributed by atoms with Crippen molar-refractivity contribution in [3.8, 4) is 5.75 Å². The van der Waals surface area contributed by atoms with Crippen LogP contribution in [0.1, 0.15) is 56.6 Å². The molecule has 2 aliphatic heterocycles. The van der Waals surface area contributed by atoms with Crippen molar-refractivity contribution in [3.05, 3.63) is 65.5 Å². The van der Waals surface area contributed by atoms with Gasteiger partial charge in [0.2, 0.25) is 5.91 Å². The lowest BCUT2D eigenvalue weighted by molar-refractivity contribution is -0.131. The third kappa shape index (κ3) is 4.93. The fourth-order valence-electron chi connectivity index (χ4n) is 5.12. The first-order valence-corrected chi connectivity index (χ1v) is 11.5. The minimum atomic E-state index is -0.206. The first kappa shape index (κ1) is 21.8. The van der Waals surface area contributed by atoms with Crippen molar-refractivity contribution >= 4 is 5.91 Å². The molecule has 1 fully saturated rings. The van der Waals surface area contributed by atoms with Crippen molar-refractivity contribution in [2.24, 2.45) is 0 Å². The summed E-state index contributed by atoms with van der Waals surface area (Å²) >= 11 is 0. The summed E-state index contributed by atoms with van der Waals surface area (Å²) in [6.45, 7) is 8.30. The third-order valence-electron chi connectivity index (χ3n) is 6.93. The highest BCUT2D eigenvalue weighted by Gasteiger charge is 2.43. The molecule has 0 bridgehead atoms. The van der Waals surface area contributed by atoms with E-state index in [4.69, 9.17) is 4.74 Å². The molecule has 0 radical (unpaired) electrons. The molecular formula is C26H33FN2O2. The van der Waals surface area contributed by atoms with Crippen LogP contribution in [0.2, 0.25) is 0 Å². The molecule has 2 aromatic rings. The molecule has 4 rings (SSSR count). The smallest absolute Gasteiger partial charge is 0.223 e. The Bertz CT molecular complexity index is 887. The first-order valence-electron chi connectivity index (χ1n) is 11.5. The zero-order chi connectivity index (χ0) is 21.8. The molecule has 4 nitrogen and oxygen atoms in total. The van der Waals surface area contributed by atoms with Gasteiger partial charge in [-0.25, -0.2) is 4.39 Å². The molecule has 0 N–H and O–H groups in total. The number of halogens is 1. The summed E-state index contributed by atoms with van der Waals surface area (Å²) in [6, 6.07) is 15.0. The van der Waals surface area contributed by atoms with E-state index >= 15 is 0 Å². The van der Waals surface area contributed by atoms with Crippen LogP contribution < -0.4 is 4.74 Å². The number of carbonyl (C=O) groups excluding carboxylic acids is 1.